The number of aromatic carboxylic acids is 1. The van der Waals surface area contributed by atoms with Crippen LogP contribution in [0.25, 0.3) is 0 Å². The molecule has 2 aliphatic carbocycles. The van der Waals surface area contributed by atoms with Crippen molar-refractivity contribution < 1.29 is 29.7 Å². The summed E-state index contributed by atoms with van der Waals surface area (Å²) in [6, 6.07) is 1.01. The van der Waals surface area contributed by atoms with E-state index in [0.717, 1.165) is 6.07 Å². The molecule has 0 saturated carbocycles. The molecular formula is C16H12O6. The van der Waals surface area contributed by atoms with Crippen LogP contribution in [0.15, 0.2) is 29.0 Å². The summed E-state index contributed by atoms with van der Waals surface area (Å²) in [6.45, 7) is 1.36. The van der Waals surface area contributed by atoms with E-state index in [2.05, 4.69) is 0 Å². The first-order valence-corrected chi connectivity index (χ1v) is 6.66. The topological polar surface area (TPSA) is 112 Å². The van der Waals surface area contributed by atoms with Gasteiger partial charge in [-0.1, -0.05) is 6.08 Å². The zero-order chi connectivity index (χ0) is 16.2. The molecule has 0 bridgehead atoms. The quantitative estimate of drug-likeness (QED) is 0.733. The van der Waals surface area contributed by atoms with Gasteiger partial charge in [0.1, 0.15) is 17.1 Å². The summed E-state index contributed by atoms with van der Waals surface area (Å²) in [5, 5.41) is 28.9. The van der Waals surface area contributed by atoms with E-state index in [4.69, 9.17) is 5.11 Å². The fourth-order valence-corrected chi connectivity index (χ4v) is 3.01. The average Bonchev–Trinajstić information content (AvgIpc) is 2.43. The van der Waals surface area contributed by atoms with Crippen LogP contribution >= 0.6 is 0 Å². The first-order chi connectivity index (χ1) is 10.3. The van der Waals surface area contributed by atoms with E-state index < -0.39 is 28.8 Å². The van der Waals surface area contributed by atoms with Crippen LogP contribution in [0.2, 0.25) is 0 Å². The summed E-state index contributed by atoms with van der Waals surface area (Å²) in [7, 11) is 0. The maximum Gasteiger partial charge on any atom is 0.339 e. The van der Waals surface area contributed by atoms with Gasteiger partial charge in [0, 0.05) is 23.1 Å². The van der Waals surface area contributed by atoms with Gasteiger partial charge in [0.05, 0.1) is 5.57 Å². The van der Waals surface area contributed by atoms with E-state index in [0.29, 0.717) is 6.42 Å². The van der Waals surface area contributed by atoms with Crippen molar-refractivity contribution in [1.29, 1.82) is 0 Å². The third kappa shape index (κ3) is 1.70. The van der Waals surface area contributed by atoms with Crippen molar-refractivity contribution in [1.82, 2.24) is 0 Å². The van der Waals surface area contributed by atoms with Crippen LogP contribution in [0.4, 0.5) is 0 Å². The maximum atomic E-state index is 12.6. The molecule has 0 radical (unpaired) electrons. The molecule has 0 aliphatic heterocycles. The highest BCUT2D eigenvalue weighted by molar-refractivity contribution is 6.32. The Morgan fingerprint density at radius 3 is 2.50 bits per heavy atom. The third-order valence-corrected chi connectivity index (χ3v) is 4.00. The highest BCUT2D eigenvalue weighted by Gasteiger charge is 2.39. The Kier molecular flexibility index (Phi) is 2.91. The SMILES string of the molecule is Cc1c(C(=O)O)c(O)cc2c1C(=O)C1=C(O)CCC=C1C2=O. The van der Waals surface area contributed by atoms with Gasteiger partial charge in [-0.25, -0.2) is 4.79 Å². The third-order valence-electron chi connectivity index (χ3n) is 4.00. The largest absolute Gasteiger partial charge is 0.512 e. The first-order valence-electron chi connectivity index (χ1n) is 6.66. The van der Waals surface area contributed by atoms with Gasteiger partial charge in [-0.15, -0.1) is 0 Å². The van der Waals surface area contributed by atoms with Gasteiger partial charge in [0.2, 0.25) is 0 Å². The molecule has 3 rings (SSSR count). The number of benzene rings is 1. The second-order valence-electron chi connectivity index (χ2n) is 5.26. The van der Waals surface area contributed by atoms with Crippen LogP contribution in [0, 0.1) is 6.92 Å². The first kappa shape index (κ1) is 14.1. The highest BCUT2D eigenvalue weighted by Crippen LogP contribution is 2.39. The number of fused-ring (bicyclic) bond motifs is 2. The number of Topliss-reactive ketones (excluding diaryl/α,β-unsaturated/α-hetero) is 2. The lowest BCUT2D eigenvalue weighted by Crippen LogP contribution is -2.27. The predicted molar refractivity (Wildman–Crippen MR) is 75.4 cm³/mol. The number of ketones is 2. The highest BCUT2D eigenvalue weighted by atomic mass is 16.4. The van der Waals surface area contributed by atoms with Crippen molar-refractivity contribution in [3.8, 4) is 5.75 Å². The Hall–Kier alpha value is -2.89. The number of allylic oxidation sites excluding steroid dienone is 4. The van der Waals surface area contributed by atoms with Crippen molar-refractivity contribution in [3.05, 3.63) is 51.3 Å². The van der Waals surface area contributed by atoms with E-state index in [9.17, 15) is 24.6 Å². The van der Waals surface area contributed by atoms with Gasteiger partial charge >= 0.3 is 5.97 Å². The molecule has 6 nitrogen and oxygen atoms in total. The Morgan fingerprint density at radius 2 is 1.86 bits per heavy atom. The number of aliphatic hydroxyl groups excluding tert-OH is 1. The summed E-state index contributed by atoms with van der Waals surface area (Å²) in [4.78, 5) is 36.4. The van der Waals surface area contributed by atoms with Crippen LogP contribution in [-0.2, 0) is 0 Å². The summed E-state index contributed by atoms with van der Waals surface area (Å²) in [5.41, 5.74) is -0.443. The standard InChI is InChI=1S/C16H12O6/c1-6-11-8(5-10(18)12(6)16(21)22)14(19)7-3-2-4-9(17)13(7)15(11)20/h3,5,17-18H,2,4H2,1H3,(H,21,22). The lowest BCUT2D eigenvalue weighted by Gasteiger charge is -2.25. The molecule has 0 atom stereocenters. The van der Waals surface area contributed by atoms with E-state index in [1.165, 1.54) is 6.92 Å². The van der Waals surface area contributed by atoms with Gasteiger partial charge in [0.25, 0.3) is 0 Å². The molecule has 1 aromatic carbocycles. The summed E-state index contributed by atoms with van der Waals surface area (Å²) < 4.78 is 0. The number of hydrogen-bond acceptors (Lipinski definition) is 5. The van der Waals surface area contributed by atoms with E-state index in [1.807, 2.05) is 0 Å². The number of carboxylic acids is 1. The molecule has 0 heterocycles. The molecule has 112 valence electrons. The lowest BCUT2D eigenvalue weighted by atomic mass is 9.76. The predicted octanol–water partition coefficient (Wildman–Crippen LogP) is 2.31. The summed E-state index contributed by atoms with van der Waals surface area (Å²) in [6.07, 6.45) is 2.28. The number of rotatable bonds is 1. The van der Waals surface area contributed by atoms with Crippen molar-refractivity contribution in [3.63, 3.8) is 0 Å². The monoisotopic (exact) mass is 300 g/mol. The number of carbonyl (C=O) groups excluding carboxylic acids is 2. The molecule has 22 heavy (non-hydrogen) atoms. The molecule has 0 saturated heterocycles. The number of carboxylic acid groups (broad SMARTS) is 1. The second-order valence-corrected chi connectivity index (χ2v) is 5.26. The van der Waals surface area contributed by atoms with Gasteiger partial charge in [0.15, 0.2) is 11.6 Å². The average molecular weight is 300 g/mol. The Morgan fingerprint density at radius 1 is 1.18 bits per heavy atom. The minimum absolute atomic E-state index is 0.0192. The van der Waals surface area contributed by atoms with Gasteiger partial charge in [-0.05, 0) is 25.0 Å². The molecule has 0 aromatic heterocycles. The fourth-order valence-electron chi connectivity index (χ4n) is 3.01. The normalized spacial score (nSPS) is 17.0. The number of aromatic hydroxyl groups is 1. The molecule has 2 aliphatic rings. The number of hydrogen-bond donors (Lipinski definition) is 3. The minimum atomic E-state index is -1.39. The van der Waals surface area contributed by atoms with E-state index in [-0.39, 0.29) is 40.0 Å². The van der Waals surface area contributed by atoms with Crippen molar-refractivity contribution in [2.24, 2.45) is 0 Å². The smallest absolute Gasteiger partial charge is 0.339 e. The number of carbonyl (C=O) groups is 3. The number of phenols is 1. The Balaban J connectivity index is 2.39. The van der Waals surface area contributed by atoms with Gasteiger partial charge in [-0.2, -0.15) is 0 Å². The van der Waals surface area contributed by atoms with Gasteiger partial charge in [-0.3, -0.25) is 9.59 Å². The molecular weight excluding hydrogens is 288 g/mol. The van der Waals surface area contributed by atoms with E-state index >= 15 is 0 Å². The maximum absolute atomic E-state index is 12.6. The van der Waals surface area contributed by atoms with Crippen LogP contribution in [0.1, 0.15) is 49.5 Å². The minimum Gasteiger partial charge on any atom is -0.512 e. The van der Waals surface area contributed by atoms with E-state index in [1.54, 1.807) is 6.08 Å². The van der Waals surface area contributed by atoms with Crippen LogP contribution in [0.3, 0.4) is 0 Å². The van der Waals surface area contributed by atoms with Gasteiger partial charge < -0.3 is 15.3 Å². The second kappa shape index (κ2) is 4.56. The lowest BCUT2D eigenvalue weighted by molar-refractivity contribution is 0.0692. The van der Waals surface area contributed by atoms with Crippen LogP contribution in [-0.4, -0.2) is 32.9 Å². The molecule has 3 N–H and O–H groups in total. The van der Waals surface area contributed by atoms with Crippen molar-refractivity contribution in [2.45, 2.75) is 19.8 Å². The fraction of sp³-hybridized carbons (Fsp3) is 0.188. The molecule has 6 heteroatoms. The molecule has 0 amide bonds. The summed E-state index contributed by atoms with van der Waals surface area (Å²) >= 11 is 0. The molecule has 0 fully saturated rings. The zero-order valence-corrected chi connectivity index (χ0v) is 11.6. The Labute approximate surface area is 125 Å². The molecule has 1 aromatic rings. The number of aliphatic hydroxyl groups is 1. The van der Waals surface area contributed by atoms with Crippen molar-refractivity contribution in [2.75, 3.05) is 0 Å². The summed E-state index contributed by atoms with van der Waals surface area (Å²) in [5.74, 6) is -3.19. The molecule has 0 spiro atoms. The Bertz CT molecular complexity index is 826. The van der Waals surface area contributed by atoms with Crippen LogP contribution < -0.4 is 0 Å². The van der Waals surface area contributed by atoms with Crippen molar-refractivity contribution >= 4 is 17.5 Å². The molecule has 0 unspecified atom stereocenters. The zero-order valence-electron chi connectivity index (χ0n) is 11.6. The van der Waals surface area contributed by atoms with Crippen LogP contribution in [0.5, 0.6) is 5.75 Å².